The van der Waals surface area contributed by atoms with E-state index in [1.54, 1.807) is 0 Å². The third-order valence-corrected chi connectivity index (χ3v) is 3.04. The highest BCUT2D eigenvalue weighted by Crippen LogP contribution is 2.13. The minimum absolute atomic E-state index is 0.217. The van der Waals surface area contributed by atoms with Gasteiger partial charge in [-0.3, -0.25) is 0 Å². The first-order valence-corrected chi connectivity index (χ1v) is 6.22. The third-order valence-electron chi connectivity index (χ3n) is 3.04. The fourth-order valence-corrected chi connectivity index (χ4v) is 1.84. The van der Waals surface area contributed by atoms with Gasteiger partial charge in [0.2, 0.25) is 0 Å². The highest BCUT2D eigenvalue weighted by Gasteiger charge is 2.15. The fourth-order valence-electron chi connectivity index (χ4n) is 1.84. The van der Waals surface area contributed by atoms with Crippen molar-refractivity contribution in [1.29, 1.82) is 0 Å². The summed E-state index contributed by atoms with van der Waals surface area (Å²) in [5.41, 5.74) is 0. The zero-order valence-electron chi connectivity index (χ0n) is 10.8. The molecule has 5 heteroatoms. The minimum Gasteiger partial charge on any atom is -0.308 e. The van der Waals surface area contributed by atoms with E-state index in [1.165, 1.54) is 12.8 Å². The second-order valence-corrected chi connectivity index (χ2v) is 4.18. The maximum atomic E-state index is 4.10. The van der Waals surface area contributed by atoms with Gasteiger partial charge in [-0.2, -0.15) is 0 Å². The van der Waals surface area contributed by atoms with E-state index in [1.807, 2.05) is 4.68 Å². The van der Waals surface area contributed by atoms with Crippen LogP contribution in [-0.4, -0.2) is 26.8 Å². The molecule has 0 aliphatic heterocycles. The number of nitrogens with zero attached hydrogens (tertiary/aromatic N) is 4. The number of hydrogen-bond donors (Lipinski definition) is 1. The molecule has 0 fully saturated rings. The third kappa shape index (κ3) is 3.27. The molecule has 5 nitrogen and oxygen atoms in total. The molecule has 92 valence electrons. The van der Waals surface area contributed by atoms with Gasteiger partial charge in [0.1, 0.15) is 0 Å². The normalized spacial score (nSPS) is 13.3. The number of aromatic nitrogens is 4. The van der Waals surface area contributed by atoms with Crippen molar-refractivity contribution in [3.8, 4) is 0 Å². The molecule has 0 saturated carbocycles. The van der Waals surface area contributed by atoms with Gasteiger partial charge < -0.3 is 5.32 Å². The first-order valence-electron chi connectivity index (χ1n) is 6.22. The Kier molecular flexibility index (Phi) is 5.38. The van der Waals surface area contributed by atoms with Crippen molar-refractivity contribution in [2.24, 2.45) is 5.92 Å². The Morgan fingerprint density at radius 1 is 1.25 bits per heavy atom. The Labute approximate surface area is 97.6 Å². The van der Waals surface area contributed by atoms with Crippen molar-refractivity contribution < 1.29 is 0 Å². The summed E-state index contributed by atoms with van der Waals surface area (Å²) in [7, 11) is 0. The SMILES string of the molecule is CCNC(C)c1nnnn1CC(CC)CC. The summed E-state index contributed by atoms with van der Waals surface area (Å²) in [4.78, 5) is 0. The molecule has 1 N–H and O–H groups in total. The van der Waals surface area contributed by atoms with Crippen molar-refractivity contribution in [2.45, 2.75) is 53.1 Å². The van der Waals surface area contributed by atoms with Gasteiger partial charge in [0.15, 0.2) is 5.82 Å². The Morgan fingerprint density at radius 2 is 1.94 bits per heavy atom. The van der Waals surface area contributed by atoms with Gasteiger partial charge in [-0.05, 0) is 29.8 Å². The van der Waals surface area contributed by atoms with Crippen LogP contribution in [0.4, 0.5) is 0 Å². The van der Waals surface area contributed by atoms with Gasteiger partial charge in [0.05, 0.1) is 6.04 Å². The molecule has 1 unspecified atom stereocenters. The maximum absolute atomic E-state index is 4.10. The summed E-state index contributed by atoms with van der Waals surface area (Å²) in [5.74, 6) is 1.60. The van der Waals surface area contributed by atoms with Crippen LogP contribution in [0.2, 0.25) is 0 Å². The number of tetrazole rings is 1. The molecule has 0 aliphatic carbocycles. The molecule has 16 heavy (non-hydrogen) atoms. The smallest absolute Gasteiger partial charge is 0.167 e. The van der Waals surface area contributed by atoms with Crippen LogP contribution in [0.1, 0.15) is 52.4 Å². The molecular weight excluding hydrogens is 202 g/mol. The highest BCUT2D eigenvalue weighted by molar-refractivity contribution is 4.89. The average Bonchev–Trinajstić information content (AvgIpc) is 2.74. The molecule has 0 amide bonds. The second-order valence-electron chi connectivity index (χ2n) is 4.18. The summed E-state index contributed by atoms with van der Waals surface area (Å²) in [6, 6.07) is 0.217. The highest BCUT2D eigenvalue weighted by atomic mass is 15.5. The topological polar surface area (TPSA) is 55.6 Å². The van der Waals surface area contributed by atoms with Crippen LogP contribution >= 0.6 is 0 Å². The summed E-state index contributed by atoms with van der Waals surface area (Å²) < 4.78 is 1.94. The molecule has 1 aromatic heterocycles. The molecule has 0 aromatic carbocycles. The molecule has 1 heterocycles. The maximum Gasteiger partial charge on any atom is 0.167 e. The summed E-state index contributed by atoms with van der Waals surface area (Å²) in [6.45, 7) is 10.5. The lowest BCUT2D eigenvalue weighted by Gasteiger charge is -2.16. The van der Waals surface area contributed by atoms with E-state index in [0.29, 0.717) is 5.92 Å². The molecule has 1 atom stereocenters. The van der Waals surface area contributed by atoms with Gasteiger partial charge in [0.25, 0.3) is 0 Å². The van der Waals surface area contributed by atoms with Gasteiger partial charge in [0, 0.05) is 6.54 Å². The predicted molar refractivity (Wildman–Crippen MR) is 64.0 cm³/mol. The summed E-state index contributed by atoms with van der Waals surface area (Å²) >= 11 is 0. The van der Waals surface area contributed by atoms with E-state index < -0.39 is 0 Å². The lowest BCUT2D eigenvalue weighted by Crippen LogP contribution is -2.23. The first-order chi connectivity index (χ1) is 7.72. The van der Waals surface area contributed by atoms with Crippen molar-refractivity contribution in [2.75, 3.05) is 6.54 Å². The first kappa shape index (κ1) is 13.1. The monoisotopic (exact) mass is 225 g/mol. The van der Waals surface area contributed by atoms with E-state index in [9.17, 15) is 0 Å². The second kappa shape index (κ2) is 6.58. The molecule has 1 aromatic rings. The van der Waals surface area contributed by atoms with Crippen LogP contribution in [0.5, 0.6) is 0 Å². The van der Waals surface area contributed by atoms with Crippen LogP contribution in [-0.2, 0) is 6.54 Å². The summed E-state index contributed by atoms with van der Waals surface area (Å²) in [5, 5.41) is 15.3. The Balaban J connectivity index is 2.69. The van der Waals surface area contributed by atoms with Crippen molar-refractivity contribution >= 4 is 0 Å². The largest absolute Gasteiger partial charge is 0.308 e. The van der Waals surface area contributed by atoms with Crippen LogP contribution in [0, 0.1) is 5.92 Å². The zero-order valence-corrected chi connectivity index (χ0v) is 10.8. The van der Waals surface area contributed by atoms with Crippen LogP contribution in [0.3, 0.4) is 0 Å². The molecular formula is C11H23N5. The van der Waals surface area contributed by atoms with Gasteiger partial charge in [-0.1, -0.05) is 33.6 Å². The van der Waals surface area contributed by atoms with E-state index in [4.69, 9.17) is 0 Å². The van der Waals surface area contributed by atoms with E-state index in [2.05, 4.69) is 48.5 Å². The molecule has 0 saturated heterocycles. The Morgan fingerprint density at radius 3 is 2.50 bits per heavy atom. The van der Waals surface area contributed by atoms with Crippen LogP contribution in [0.25, 0.3) is 0 Å². The quantitative estimate of drug-likeness (QED) is 0.768. The number of nitrogens with one attached hydrogen (secondary N) is 1. The molecule has 0 spiro atoms. The van der Waals surface area contributed by atoms with Crippen molar-refractivity contribution in [3.63, 3.8) is 0 Å². The summed E-state index contributed by atoms with van der Waals surface area (Å²) in [6.07, 6.45) is 2.34. The number of hydrogen-bond acceptors (Lipinski definition) is 4. The zero-order chi connectivity index (χ0) is 12.0. The van der Waals surface area contributed by atoms with Crippen molar-refractivity contribution in [3.05, 3.63) is 5.82 Å². The van der Waals surface area contributed by atoms with E-state index >= 15 is 0 Å². The van der Waals surface area contributed by atoms with E-state index in [0.717, 1.165) is 18.9 Å². The van der Waals surface area contributed by atoms with Gasteiger partial charge in [-0.25, -0.2) is 4.68 Å². The van der Waals surface area contributed by atoms with Gasteiger partial charge >= 0.3 is 0 Å². The molecule has 1 rings (SSSR count). The molecule has 0 bridgehead atoms. The van der Waals surface area contributed by atoms with Crippen molar-refractivity contribution in [1.82, 2.24) is 25.5 Å². The van der Waals surface area contributed by atoms with Crippen LogP contribution in [0.15, 0.2) is 0 Å². The van der Waals surface area contributed by atoms with Gasteiger partial charge in [-0.15, -0.1) is 5.10 Å². The Hall–Kier alpha value is -0.970. The lowest BCUT2D eigenvalue weighted by atomic mass is 10.0. The molecule has 0 radical (unpaired) electrons. The minimum atomic E-state index is 0.217. The lowest BCUT2D eigenvalue weighted by molar-refractivity contribution is 0.372. The fraction of sp³-hybridized carbons (Fsp3) is 0.909. The average molecular weight is 225 g/mol. The standard InChI is InChI=1S/C11H23N5/c1-5-10(6-2)8-16-11(13-14-15-16)9(4)12-7-3/h9-10,12H,5-8H2,1-4H3. The Bertz CT molecular complexity index is 292. The molecule has 0 aliphatic rings. The van der Waals surface area contributed by atoms with Crippen LogP contribution < -0.4 is 5.32 Å². The van der Waals surface area contributed by atoms with E-state index in [-0.39, 0.29) is 6.04 Å². The predicted octanol–water partition coefficient (Wildman–Crippen LogP) is 1.78. The number of rotatable bonds is 7.